The van der Waals surface area contributed by atoms with E-state index in [1.807, 2.05) is 42.6 Å². The third-order valence-corrected chi connectivity index (χ3v) is 4.27. The molecule has 2 aromatic carbocycles. The minimum absolute atomic E-state index is 0.0739. The van der Waals surface area contributed by atoms with Crippen molar-refractivity contribution in [1.82, 2.24) is 4.98 Å². The van der Waals surface area contributed by atoms with Crippen LogP contribution in [0.2, 0.25) is 0 Å². The molecule has 0 aliphatic heterocycles. The predicted octanol–water partition coefficient (Wildman–Crippen LogP) is 2.69. The van der Waals surface area contributed by atoms with E-state index in [1.165, 1.54) is 6.21 Å². The molecule has 0 saturated heterocycles. The minimum atomic E-state index is -0.0739. The summed E-state index contributed by atoms with van der Waals surface area (Å²) >= 11 is 0. The Morgan fingerprint density at radius 2 is 2.08 bits per heavy atom. The topological polar surface area (TPSA) is 74.8 Å². The number of nitrogens with zero attached hydrogens (tertiary/aromatic N) is 1. The lowest BCUT2D eigenvalue weighted by molar-refractivity contribution is 0.808. The largest absolute Gasteiger partial charge is 0.359 e. The van der Waals surface area contributed by atoms with E-state index < -0.39 is 0 Å². The van der Waals surface area contributed by atoms with E-state index in [4.69, 9.17) is 19.0 Å². The highest BCUT2D eigenvalue weighted by molar-refractivity contribution is 6.35. The first-order valence-corrected chi connectivity index (χ1v) is 8.02. The van der Waals surface area contributed by atoms with E-state index in [2.05, 4.69) is 22.9 Å². The molecule has 0 spiro atoms. The predicted molar refractivity (Wildman–Crippen MR) is 106 cm³/mol. The number of anilines is 1. The van der Waals surface area contributed by atoms with E-state index in [9.17, 15) is 0 Å². The SMILES string of the molecule is [B]c1cc(C(CN)C(=C)Nc2ccc3cnccc3c2)ccc1C=N. The van der Waals surface area contributed by atoms with Crippen molar-refractivity contribution in [2.75, 3.05) is 11.9 Å². The summed E-state index contributed by atoms with van der Waals surface area (Å²) in [6.07, 6.45) is 4.86. The zero-order valence-electron chi connectivity index (χ0n) is 13.9. The third kappa shape index (κ3) is 3.62. The molecule has 3 rings (SSSR count). The van der Waals surface area contributed by atoms with Crippen LogP contribution in [0, 0.1) is 5.41 Å². The molecule has 1 heterocycles. The van der Waals surface area contributed by atoms with Gasteiger partial charge in [-0.2, -0.15) is 0 Å². The smallest absolute Gasteiger partial charge is 0.114 e. The average molecular weight is 326 g/mol. The van der Waals surface area contributed by atoms with Crippen LogP contribution in [-0.4, -0.2) is 25.6 Å². The van der Waals surface area contributed by atoms with Crippen LogP contribution in [0.15, 0.2) is 67.1 Å². The van der Waals surface area contributed by atoms with Crippen LogP contribution in [0.1, 0.15) is 17.0 Å². The summed E-state index contributed by atoms with van der Waals surface area (Å²) in [5, 5.41) is 12.9. The zero-order chi connectivity index (χ0) is 17.8. The van der Waals surface area contributed by atoms with Crippen molar-refractivity contribution in [2.45, 2.75) is 5.92 Å². The lowest BCUT2D eigenvalue weighted by atomic mass is 9.85. The number of rotatable bonds is 6. The molecule has 3 aromatic rings. The molecule has 5 heteroatoms. The van der Waals surface area contributed by atoms with Crippen molar-refractivity contribution < 1.29 is 0 Å². The van der Waals surface area contributed by atoms with E-state index in [-0.39, 0.29) is 5.92 Å². The Hall–Kier alpha value is -2.92. The zero-order valence-corrected chi connectivity index (χ0v) is 13.9. The number of fused-ring (bicyclic) bond motifs is 1. The maximum atomic E-state index is 7.34. The minimum Gasteiger partial charge on any atom is -0.359 e. The molecular weight excluding hydrogens is 307 g/mol. The molecule has 1 unspecified atom stereocenters. The van der Waals surface area contributed by atoms with Gasteiger partial charge in [-0.05, 0) is 34.7 Å². The van der Waals surface area contributed by atoms with Crippen LogP contribution in [0.25, 0.3) is 10.8 Å². The maximum Gasteiger partial charge on any atom is 0.114 e. The number of benzene rings is 2. The van der Waals surface area contributed by atoms with E-state index >= 15 is 0 Å². The normalized spacial score (nSPS) is 11.9. The van der Waals surface area contributed by atoms with Gasteiger partial charge in [-0.25, -0.2) is 0 Å². The maximum absolute atomic E-state index is 7.34. The lowest BCUT2D eigenvalue weighted by Gasteiger charge is -2.21. The number of pyridine rings is 1. The monoisotopic (exact) mass is 326 g/mol. The van der Waals surface area contributed by atoms with Gasteiger partial charge in [0, 0.05) is 47.8 Å². The highest BCUT2D eigenvalue weighted by Crippen LogP contribution is 2.25. The van der Waals surface area contributed by atoms with Crippen molar-refractivity contribution in [2.24, 2.45) is 5.73 Å². The van der Waals surface area contributed by atoms with E-state index in [0.29, 0.717) is 17.6 Å². The van der Waals surface area contributed by atoms with Crippen LogP contribution in [-0.2, 0) is 0 Å². The Labute approximate surface area is 148 Å². The molecule has 25 heavy (non-hydrogen) atoms. The average Bonchev–Trinajstić information content (AvgIpc) is 2.62. The van der Waals surface area contributed by atoms with Crippen molar-refractivity contribution in [3.63, 3.8) is 0 Å². The van der Waals surface area contributed by atoms with Crippen LogP contribution in [0.5, 0.6) is 0 Å². The standard InChI is InChI=1S/C20H19BN4/c1-13(19(11-23)15-2-3-16(10-22)20(21)9-15)25-18-5-4-17-12-24-7-6-14(17)8-18/h2-10,12,19,22,25H,1,11,23H2. The third-order valence-electron chi connectivity index (χ3n) is 4.27. The molecule has 4 N–H and O–H groups in total. The lowest BCUT2D eigenvalue weighted by Crippen LogP contribution is -2.21. The van der Waals surface area contributed by atoms with Gasteiger partial charge in [0.25, 0.3) is 0 Å². The first kappa shape index (κ1) is 16.9. The van der Waals surface area contributed by atoms with Gasteiger partial charge in [0.2, 0.25) is 0 Å². The second-order valence-corrected chi connectivity index (χ2v) is 5.91. The quantitative estimate of drug-likeness (QED) is 0.482. The first-order valence-electron chi connectivity index (χ1n) is 8.02. The van der Waals surface area contributed by atoms with Crippen molar-refractivity contribution in [1.29, 1.82) is 5.41 Å². The molecular formula is C20H19BN4. The molecule has 4 nitrogen and oxygen atoms in total. The summed E-state index contributed by atoms with van der Waals surface area (Å²) in [5.41, 5.74) is 9.97. The molecule has 2 radical (unpaired) electrons. The Kier molecular flexibility index (Phi) is 4.96. The fourth-order valence-electron chi connectivity index (χ4n) is 2.85. The molecule has 0 saturated carbocycles. The fraction of sp³-hybridized carbons (Fsp3) is 0.100. The van der Waals surface area contributed by atoms with Crippen LogP contribution >= 0.6 is 0 Å². The van der Waals surface area contributed by atoms with Crippen LogP contribution < -0.4 is 16.5 Å². The van der Waals surface area contributed by atoms with Crippen LogP contribution in [0.4, 0.5) is 5.69 Å². The summed E-state index contributed by atoms with van der Waals surface area (Å²) in [4.78, 5) is 4.12. The van der Waals surface area contributed by atoms with Gasteiger partial charge in [-0.15, -0.1) is 0 Å². The molecule has 122 valence electrons. The molecule has 0 amide bonds. The Morgan fingerprint density at radius 3 is 2.80 bits per heavy atom. The van der Waals surface area contributed by atoms with Crippen molar-refractivity contribution in [3.05, 3.63) is 78.3 Å². The molecule has 1 aromatic heterocycles. The number of nitrogens with one attached hydrogen (secondary N) is 2. The van der Waals surface area contributed by atoms with Gasteiger partial charge in [0.1, 0.15) is 7.85 Å². The number of nitrogens with two attached hydrogens (primary N) is 1. The molecule has 0 bridgehead atoms. The molecule has 1 atom stereocenters. The number of aromatic nitrogens is 1. The van der Waals surface area contributed by atoms with Gasteiger partial charge < -0.3 is 16.5 Å². The summed E-state index contributed by atoms with van der Waals surface area (Å²) in [6.45, 7) is 4.57. The Morgan fingerprint density at radius 1 is 1.24 bits per heavy atom. The summed E-state index contributed by atoms with van der Waals surface area (Å²) in [7, 11) is 5.99. The summed E-state index contributed by atoms with van der Waals surface area (Å²) in [5.74, 6) is -0.0739. The summed E-state index contributed by atoms with van der Waals surface area (Å²) in [6, 6.07) is 13.7. The molecule has 0 aliphatic rings. The van der Waals surface area contributed by atoms with Gasteiger partial charge in [0.05, 0.1) is 0 Å². The van der Waals surface area contributed by atoms with E-state index in [1.54, 1.807) is 6.20 Å². The van der Waals surface area contributed by atoms with Gasteiger partial charge >= 0.3 is 0 Å². The summed E-state index contributed by atoms with van der Waals surface area (Å²) < 4.78 is 0. The Balaban J connectivity index is 1.84. The second kappa shape index (κ2) is 7.32. The molecule has 0 aliphatic carbocycles. The van der Waals surface area contributed by atoms with Gasteiger partial charge in [0.15, 0.2) is 0 Å². The molecule has 0 fully saturated rings. The van der Waals surface area contributed by atoms with Crippen molar-refractivity contribution in [3.8, 4) is 0 Å². The van der Waals surface area contributed by atoms with Gasteiger partial charge in [-0.1, -0.05) is 36.3 Å². The van der Waals surface area contributed by atoms with E-state index in [0.717, 1.165) is 27.7 Å². The first-order chi connectivity index (χ1) is 12.1. The van der Waals surface area contributed by atoms with Crippen molar-refractivity contribution >= 4 is 36.0 Å². The fourth-order valence-corrected chi connectivity index (χ4v) is 2.85. The number of hydrogen-bond donors (Lipinski definition) is 3. The van der Waals surface area contributed by atoms with Crippen LogP contribution in [0.3, 0.4) is 0 Å². The highest BCUT2D eigenvalue weighted by atomic mass is 14.9. The van der Waals surface area contributed by atoms with Gasteiger partial charge in [-0.3, -0.25) is 4.98 Å². The number of hydrogen-bond acceptors (Lipinski definition) is 4. The highest BCUT2D eigenvalue weighted by Gasteiger charge is 2.15. The Bertz CT molecular complexity index is 936. The second-order valence-electron chi connectivity index (χ2n) is 5.91.